The number of rotatable bonds is 7. The molecule has 0 spiro atoms. The molecule has 0 saturated heterocycles. The van der Waals surface area contributed by atoms with Crippen molar-refractivity contribution in [1.82, 2.24) is 5.32 Å². The van der Waals surface area contributed by atoms with Crippen molar-refractivity contribution in [2.24, 2.45) is 0 Å². The number of carbonyl (C=O) groups excluding carboxylic acids is 1. The zero-order valence-electron chi connectivity index (χ0n) is 14.3. The van der Waals surface area contributed by atoms with E-state index >= 15 is 0 Å². The maximum absolute atomic E-state index is 12.9. The number of Topliss-reactive ketones (excluding diaryl/α,β-unsaturated/α-hetero) is 1. The van der Waals surface area contributed by atoms with E-state index in [0.29, 0.717) is 25.1 Å². The highest BCUT2D eigenvalue weighted by molar-refractivity contribution is 5.96. The molecule has 0 aliphatic rings. The van der Waals surface area contributed by atoms with E-state index in [1.165, 1.54) is 41.0 Å². The summed E-state index contributed by atoms with van der Waals surface area (Å²) in [5.41, 5.74) is 4.12. The fourth-order valence-corrected chi connectivity index (χ4v) is 2.66. The minimum Gasteiger partial charge on any atom is -0.312 e. The molecule has 1 N–H and O–H groups in total. The fraction of sp³-hybridized carbons (Fsp3) is 0.136. The summed E-state index contributed by atoms with van der Waals surface area (Å²) >= 11 is 0. The van der Waals surface area contributed by atoms with Crippen molar-refractivity contribution in [2.75, 3.05) is 6.54 Å². The number of halogens is 2. The zero-order valence-corrected chi connectivity index (χ0v) is 15.1. The Kier molecular flexibility index (Phi) is 7.52. The van der Waals surface area contributed by atoms with Crippen LogP contribution in [0.5, 0.6) is 0 Å². The second-order valence-corrected chi connectivity index (χ2v) is 5.92. The molecule has 3 aromatic rings. The molecule has 26 heavy (non-hydrogen) atoms. The normalized spacial score (nSPS) is 10.2. The van der Waals surface area contributed by atoms with Gasteiger partial charge in [-0.2, -0.15) is 0 Å². The van der Waals surface area contributed by atoms with Gasteiger partial charge in [-0.1, -0.05) is 54.6 Å². The van der Waals surface area contributed by atoms with Crippen molar-refractivity contribution in [2.45, 2.75) is 13.0 Å². The average Bonchev–Trinajstić information content (AvgIpc) is 2.67. The molecule has 0 radical (unpaired) electrons. The van der Waals surface area contributed by atoms with Crippen LogP contribution in [0.1, 0.15) is 22.3 Å². The summed E-state index contributed by atoms with van der Waals surface area (Å²) in [6, 6.07) is 24.3. The molecule has 0 aromatic heterocycles. The third kappa shape index (κ3) is 5.51. The lowest BCUT2D eigenvalue weighted by atomic mass is 10.0. The van der Waals surface area contributed by atoms with Gasteiger partial charge in [0, 0.05) is 25.1 Å². The summed E-state index contributed by atoms with van der Waals surface area (Å²) in [7, 11) is 0. The number of carbonyl (C=O) groups is 1. The Bertz CT molecular complexity index is 817. The van der Waals surface area contributed by atoms with Crippen LogP contribution >= 0.6 is 12.4 Å². The van der Waals surface area contributed by atoms with Gasteiger partial charge in [0.25, 0.3) is 0 Å². The summed E-state index contributed by atoms with van der Waals surface area (Å²) in [6.07, 6.45) is 0.397. The first-order chi connectivity index (χ1) is 12.2. The topological polar surface area (TPSA) is 29.1 Å². The van der Waals surface area contributed by atoms with E-state index in [-0.39, 0.29) is 24.0 Å². The number of benzene rings is 3. The number of hydrogen-bond donors (Lipinski definition) is 1. The van der Waals surface area contributed by atoms with Gasteiger partial charge in [0.05, 0.1) is 0 Å². The molecule has 0 unspecified atom stereocenters. The first kappa shape index (κ1) is 19.8. The monoisotopic (exact) mass is 369 g/mol. The van der Waals surface area contributed by atoms with Gasteiger partial charge < -0.3 is 5.32 Å². The standard InChI is InChI=1S/C22H20FNO.ClH/c23-21-12-10-20(11-13-21)22(25)14-15-24-16-17-6-8-19(9-7-17)18-4-2-1-3-5-18;/h1-13,24H,14-16H2;1H. The molecule has 0 saturated carbocycles. The summed E-state index contributed by atoms with van der Waals surface area (Å²) < 4.78 is 12.9. The van der Waals surface area contributed by atoms with Gasteiger partial charge in [-0.15, -0.1) is 12.4 Å². The Morgan fingerprint density at radius 3 is 2.08 bits per heavy atom. The minimum absolute atomic E-state index is 0. The Morgan fingerprint density at radius 2 is 1.42 bits per heavy atom. The SMILES string of the molecule is Cl.O=C(CCNCc1ccc(-c2ccccc2)cc1)c1ccc(F)cc1. The predicted molar refractivity (Wildman–Crippen MR) is 106 cm³/mol. The molecule has 3 aromatic carbocycles. The van der Waals surface area contributed by atoms with E-state index in [2.05, 4.69) is 41.7 Å². The van der Waals surface area contributed by atoms with Gasteiger partial charge >= 0.3 is 0 Å². The second kappa shape index (κ2) is 9.85. The van der Waals surface area contributed by atoms with Crippen LogP contribution in [0.25, 0.3) is 11.1 Å². The third-order valence-electron chi connectivity index (χ3n) is 4.09. The van der Waals surface area contributed by atoms with Crippen LogP contribution < -0.4 is 5.32 Å². The van der Waals surface area contributed by atoms with Crippen LogP contribution in [0.3, 0.4) is 0 Å². The summed E-state index contributed by atoms with van der Waals surface area (Å²) in [4.78, 5) is 12.0. The molecular formula is C22H21ClFNO. The molecule has 134 valence electrons. The Labute approximate surface area is 159 Å². The van der Waals surface area contributed by atoms with Crippen LogP contribution in [0.2, 0.25) is 0 Å². The highest BCUT2D eigenvalue weighted by atomic mass is 35.5. The van der Waals surface area contributed by atoms with E-state index in [0.717, 1.165) is 0 Å². The summed E-state index contributed by atoms with van der Waals surface area (Å²) in [5.74, 6) is -0.305. The van der Waals surface area contributed by atoms with Crippen molar-refractivity contribution in [3.05, 3.63) is 95.8 Å². The van der Waals surface area contributed by atoms with Gasteiger partial charge in [-0.3, -0.25) is 4.79 Å². The minimum atomic E-state index is -0.325. The van der Waals surface area contributed by atoms with E-state index in [4.69, 9.17) is 0 Å². The quantitative estimate of drug-likeness (QED) is 0.453. The number of hydrogen-bond acceptors (Lipinski definition) is 2. The van der Waals surface area contributed by atoms with Gasteiger partial charge in [-0.25, -0.2) is 4.39 Å². The van der Waals surface area contributed by atoms with Crippen molar-refractivity contribution in [1.29, 1.82) is 0 Å². The highest BCUT2D eigenvalue weighted by Gasteiger charge is 2.05. The maximum Gasteiger partial charge on any atom is 0.164 e. The van der Waals surface area contributed by atoms with Gasteiger partial charge in [0.15, 0.2) is 5.78 Å². The summed E-state index contributed by atoms with van der Waals surface area (Å²) in [6.45, 7) is 1.31. The Morgan fingerprint density at radius 1 is 0.808 bits per heavy atom. The number of ketones is 1. The Balaban J connectivity index is 0.00000243. The lowest BCUT2D eigenvalue weighted by Gasteiger charge is -2.07. The molecule has 0 aliphatic carbocycles. The van der Waals surface area contributed by atoms with E-state index < -0.39 is 0 Å². The lowest BCUT2D eigenvalue weighted by molar-refractivity contribution is 0.0982. The average molecular weight is 370 g/mol. The summed E-state index contributed by atoms with van der Waals surface area (Å²) in [5, 5.41) is 3.28. The number of nitrogens with one attached hydrogen (secondary N) is 1. The molecule has 0 heterocycles. The van der Waals surface area contributed by atoms with E-state index in [1.54, 1.807) is 0 Å². The molecular weight excluding hydrogens is 349 g/mol. The van der Waals surface area contributed by atoms with Crippen molar-refractivity contribution < 1.29 is 9.18 Å². The molecule has 4 heteroatoms. The van der Waals surface area contributed by atoms with Crippen LogP contribution in [0.4, 0.5) is 4.39 Å². The van der Waals surface area contributed by atoms with Crippen molar-refractivity contribution >= 4 is 18.2 Å². The van der Waals surface area contributed by atoms with E-state index in [1.807, 2.05) is 18.2 Å². The molecule has 0 amide bonds. The van der Waals surface area contributed by atoms with E-state index in [9.17, 15) is 9.18 Å². The lowest BCUT2D eigenvalue weighted by Crippen LogP contribution is -2.17. The Hall–Kier alpha value is -2.49. The van der Waals surface area contributed by atoms with Gasteiger partial charge in [0.1, 0.15) is 5.82 Å². The van der Waals surface area contributed by atoms with Crippen LogP contribution in [-0.4, -0.2) is 12.3 Å². The van der Waals surface area contributed by atoms with Crippen LogP contribution in [-0.2, 0) is 6.54 Å². The molecule has 3 rings (SSSR count). The van der Waals surface area contributed by atoms with Crippen LogP contribution in [0, 0.1) is 5.82 Å². The smallest absolute Gasteiger partial charge is 0.164 e. The first-order valence-electron chi connectivity index (χ1n) is 8.36. The molecule has 0 atom stereocenters. The predicted octanol–water partition coefficient (Wildman–Crippen LogP) is 5.28. The van der Waals surface area contributed by atoms with Crippen molar-refractivity contribution in [3.63, 3.8) is 0 Å². The zero-order chi connectivity index (χ0) is 17.5. The van der Waals surface area contributed by atoms with Gasteiger partial charge in [0.2, 0.25) is 0 Å². The third-order valence-corrected chi connectivity index (χ3v) is 4.09. The van der Waals surface area contributed by atoms with Gasteiger partial charge in [-0.05, 0) is 41.0 Å². The maximum atomic E-state index is 12.9. The molecule has 0 bridgehead atoms. The molecule has 0 fully saturated rings. The van der Waals surface area contributed by atoms with Crippen LogP contribution in [0.15, 0.2) is 78.9 Å². The highest BCUT2D eigenvalue weighted by Crippen LogP contribution is 2.19. The molecule has 0 aliphatic heterocycles. The fourth-order valence-electron chi connectivity index (χ4n) is 2.66. The first-order valence-corrected chi connectivity index (χ1v) is 8.36. The molecule has 2 nitrogen and oxygen atoms in total. The van der Waals surface area contributed by atoms with Crippen molar-refractivity contribution in [3.8, 4) is 11.1 Å². The second-order valence-electron chi connectivity index (χ2n) is 5.92. The largest absolute Gasteiger partial charge is 0.312 e.